The average molecular weight is 847 g/mol. The van der Waals surface area contributed by atoms with Crippen molar-refractivity contribution < 1.29 is 0 Å². The fraction of sp³-hybridized carbons (Fsp3) is 0. The summed E-state index contributed by atoms with van der Waals surface area (Å²) in [6.07, 6.45) is 0. The number of thiophene rings is 2. The maximum Gasteiger partial charge on any atom is 0.165 e. The Morgan fingerprint density at radius 1 is 0.344 bits per heavy atom. The Hall–Kier alpha value is -7.90. The van der Waals surface area contributed by atoms with E-state index in [0.717, 1.165) is 55.5 Å². The molecule has 6 heterocycles. The minimum Gasteiger partial charge on any atom is -0.308 e. The molecule has 16 rings (SSSR count). The van der Waals surface area contributed by atoms with Crippen LogP contribution in [0.25, 0.3) is 150 Å². The lowest BCUT2D eigenvalue weighted by atomic mass is 9.96. The van der Waals surface area contributed by atoms with E-state index in [1.54, 1.807) is 0 Å². The quantitative estimate of drug-likeness (QED) is 0.166. The highest BCUT2D eigenvalue weighted by molar-refractivity contribution is 7.26. The summed E-state index contributed by atoms with van der Waals surface area (Å²) < 4.78 is 10.2. The molecule has 6 heteroatoms. The zero-order valence-corrected chi connectivity index (χ0v) is 35.6. The molecule has 294 valence electrons. The highest BCUT2D eigenvalue weighted by Gasteiger charge is 2.28. The first kappa shape index (κ1) is 33.7. The van der Waals surface area contributed by atoms with E-state index in [1.807, 2.05) is 22.7 Å². The molecular weight excluding hydrogens is 817 g/mol. The first-order chi connectivity index (χ1) is 31.8. The summed E-state index contributed by atoms with van der Waals surface area (Å²) in [6.45, 7) is 0. The van der Waals surface area contributed by atoms with Crippen LogP contribution in [0.2, 0.25) is 0 Å². The molecule has 10 aromatic carbocycles. The molecule has 0 aliphatic heterocycles. The van der Waals surface area contributed by atoms with Crippen LogP contribution >= 0.6 is 22.7 Å². The predicted molar refractivity (Wildman–Crippen MR) is 274 cm³/mol. The smallest absolute Gasteiger partial charge is 0.165 e. The van der Waals surface area contributed by atoms with Crippen LogP contribution in [-0.2, 0) is 0 Å². The maximum absolute atomic E-state index is 5.91. The number of hydrogen-bond donors (Lipinski definition) is 0. The van der Waals surface area contributed by atoms with Crippen molar-refractivity contribution in [2.24, 2.45) is 0 Å². The van der Waals surface area contributed by atoms with Crippen molar-refractivity contribution in [3.63, 3.8) is 0 Å². The second-order valence-electron chi connectivity index (χ2n) is 17.2. The molecule has 16 aromatic rings. The van der Waals surface area contributed by atoms with Crippen LogP contribution in [0.3, 0.4) is 0 Å². The van der Waals surface area contributed by atoms with Gasteiger partial charge in [-0.15, -0.1) is 22.7 Å². The van der Waals surface area contributed by atoms with E-state index < -0.39 is 0 Å². The normalized spacial score (nSPS) is 12.7. The summed E-state index contributed by atoms with van der Waals surface area (Å²) in [5.74, 6) is 0.823. The SMILES string of the molecule is c1cc(-c2nc3c4ccccc4c4ccccc4c3nc2-n2c3ccc4sc5ccc6c7ccccc7n7c8cccc2c8c3c4c5c67)cc(-c2cccc3sc4ccccc4c23)c1. The Kier molecular flexibility index (Phi) is 6.30. The van der Waals surface area contributed by atoms with Crippen LogP contribution in [-0.4, -0.2) is 18.9 Å². The summed E-state index contributed by atoms with van der Waals surface area (Å²) in [6, 6.07) is 66.9. The molecule has 0 aliphatic carbocycles. The van der Waals surface area contributed by atoms with Gasteiger partial charge in [-0.25, -0.2) is 9.97 Å². The molecular formula is C58H30N4S2. The van der Waals surface area contributed by atoms with Crippen molar-refractivity contribution >= 4 is 145 Å². The number of rotatable bonds is 3. The van der Waals surface area contributed by atoms with Crippen LogP contribution in [0, 0.1) is 0 Å². The van der Waals surface area contributed by atoms with Gasteiger partial charge in [0.05, 0.1) is 38.6 Å². The van der Waals surface area contributed by atoms with E-state index in [2.05, 4.69) is 191 Å². The number of aromatic nitrogens is 4. The van der Waals surface area contributed by atoms with Crippen molar-refractivity contribution in [3.8, 4) is 28.2 Å². The minimum absolute atomic E-state index is 0.823. The van der Waals surface area contributed by atoms with Crippen LogP contribution in [0.15, 0.2) is 182 Å². The highest BCUT2D eigenvalue weighted by atomic mass is 32.1. The number of benzene rings is 10. The third-order valence-electron chi connectivity index (χ3n) is 14.0. The van der Waals surface area contributed by atoms with Crippen molar-refractivity contribution in [2.75, 3.05) is 0 Å². The molecule has 0 aliphatic rings. The lowest BCUT2D eigenvalue weighted by Crippen LogP contribution is -2.04. The van der Waals surface area contributed by atoms with Crippen LogP contribution in [0.4, 0.5) is 0 Å². The second-order valence-corrected chi connectivity index (χ2v) is 19.3. The summed E-state index contributed by atoms with van der Waals surface area (Å²) in [5.41, 5.74) is 12.0. The van der Waals surface area contributed by atoms with Gasteiger partial charge in [0.2, 0.25) is 0 Å². The molecule has 0 radical (unpaired) electrons. The van der Waals surface area contributed by atoms with Crippen LogP contribution < -0.4 is 0 Å². The Labute approximate surface area is 371 Å². The zero-order valence-electron chi connectivity index (χ0n) is 33.9. The van der Waals surface area contributed by atoms with E-state index in [-0.39, 0.29) is 0 Å². The fourth-order valence-electron chi connectivity index (χ4n) is 11.4. The average Bonchev–Trinajstić information content (AvgIpc) is 4.09. The molecule has 0 atom stereocenters. The van der Waals surface area contributed by atoms with Crippen molar-refractivity contribution in [1.29, 1.82) is 0 Å². The molecule has 64 heavy (non-hydrogen) atoms. The third kappa shape index (κ3) is 4.13. The monoisotopic (exact) mass is 846 g/mol. The third-order valence-corrected chi connectivity index (χ3v) is 16.3. The van der Waals surface area contributed by atoms with Crippen LogP contribution in [0.5, 0.6) is 0 Å². The predicted octanol–water partition coefficient (Wildman–Crippen LogP) is 16.5. The van der Waals surface area contributed by atoms with Gasteiger partial charge < -0.3 is 4.40 Å². The van der Waals surface area contributed by atoms with Crippen molar-refractivity contribution in [3.05, 3.63) is 182 Å². The first-order valence-electron chi connectivity index (χ1n) is 21.7. The lowest BCUT2D eigenvalue weighted by Gasteiger charge is -2.17. The van der Waals surface area contributed by atoms with Gasteiger partial charge in [-0.05, 0) is 76.5 Å². The van der Waals surface area contributed by atoms with Crippen molar-refractivity contribution in [1.82, 2.24) is 18.9 Å². The molecule has 0 bridgehead atoms. The number of nitrogens with zero attached hydrogens (tertiary/aromatic N) is 4. The van der Waals surface area contributed by atoms with Gasteiger partial charge in [-0.1, -0.05) is 127 Å². The van der Waals surface area contributed by atoms with Crippen LogP contribution in [0.1, 0.15) is 0 Å². The van der Waals surface area contributed by atoms with E-state index in [0.29, 0.717) is 0 Å². The van der Waals surface area contributed by atoms with Gasteiger partial charge in [-0.3, -0.25) is 4.57 Å². The van der Waals surface area contributed by atoms with Gasteiger partial charge in [-0.2, -0.15) is 0 Å². The number of fused-ring (bicyclic) bond motifs is 13. The lowest BCUT2D eigenvalue weighted by molar-refractivity contribution is 1.08. The van der Waals surface area contributed by atoms with Gasteiger partial charge in [0.25, 0.3) is 0 Å². The Morgan fingerprint density at radius 3 is 1.80 bits per heavy atom. The summed E-state index contributed by atoms with van der Waals surface area (Å²) in [7, 11) is 0. The van der Waals surface area contributed by atoms with Gasteiger partial charge in [0.15, 0.2) is 5.82 Å². The molecule has 4 nitrogen and oxygen atoms in total. The maximum atomic E-state index is 5.91. The minimum atomic E-state index is 0.823. The Morgan fingerprint density at radius 2 is 0.938 bits per heavy atom. The largest absolute Gasteiger partial charge is 0.308 e. The van der Waals surface area contributed by atoms with Gasteiger partial charge in [0, 0.05) is 78.2 Å². The molecule has 0 N–H and O–H groups in total. The van der Waals surface area contributed by atoms with E-state index in [4.69, 9.17) is 9.97 Å². The summed E-state index contributed by atoms with van der Waals surface area (Å²) in [5, 5.41) is 14.9. The highest BCUT2D eigenvalue weighted by Crippen LogP contribution is 2.51. The van der Waals surface area contributed by atoms with Gasteiger partial charge >= 0.3 is 0 Å². The Bertz CT molecular complexity index is 4680. The molecule has 0 saturated heterocycles. The topological polar surface area (TPSA) is 35.1 Å². The summed E-state index contributed by atoms with van der Waals surface area (Å²) >= 11 is 3.75. The molecule has 0 fully saturated rings. The molecule has 0 spiro atoms. The first-order valence-corrected chi connectivity index (χ1v) is 23.4. The van der Waals surface area contributed by atoms with E-state index >= 15 is 0 Å². The van der Waals surface area contributed by atoms with Crippen molar-refractivity contribution in [2.45, 2.75) is 0 Å². The zero-order chi connectivity index (χ0) is 41.4. The summed E-state index contributed by atoms with van der Waals surface area (Å²) in [4.78, 5) is 11.8. The molecule has 0 saturated carbocycles. The number of para-hydroxylation sites is 1. The number of hydrogen-bond acceptors (Lipinski definition) is 4. The molecule has 0 unspecified atom stereocenters. The second kappa shape index (κ2) is 12.0. The standard InChI is InChI=1S/C58H30N4S2/c1-3-17-37-34(14-1)35-15-2-4-18-38(35)56-55(37)59-54(32-13-9-12-31(30-32)33-20-10-25-46-49(33)40-19-6-8-24-45(40)63-46)58(60-56)62-43-23-11-22-42-50(43)51-44(62)27-29-47-52(51)53-48(64-47)28-26-39-36-16-5-7-21-41(36)61(42)57(39)53/h1-30H. The fourth-order valence-corrected chi connectivity index (χ4v) is 13.7. The van der Waals surface area contributed by atoms with Gasteiger partial charge in [0.1, 0.15) is 5.69 Å². The Balaban J connectivity index is 1.09. The van der Waals surface area contributed by atoms with E-state index in [1.165, 1.54) is 94.8 Å². The van der Waals surface area contributed by atoms with E-state index in [9.17, 15) is 0 Å². The molecule has 6 aromatic heterocycles. The molecule has 0 amide bonds.